The van der Waals surface area contributed by atoms with E-state index in [1.54, 1.807) is 12.2 Å². The molecule has 3 fully saturated rings. The lowest BCUT2D eigenvalue weighted by Gasteiger charge is -2.60. The van der Waals surface area contributed by atoms with Crippen molar-refractivity contribution in [3.8, 4) is 0 Å². The highest BCUT2D eigenvalue weighted by molar-refractivity contribution is 6.01. The van der Waals surface area contributed by atoms with Gasteiger partial charge in [-0.3, -0.25) is 9.59 Å². The zero-order valence-electron chi connectivity index (χ0n) is 16.3. The van der Waals surface area contributed by atoms with Gasteiger partial charge in [-0.05, 0) is 55.6 Å². The van der Waals surface area contributed by atoms with Crippen molar-refractivity contribution in [2.45, 2.75) is 58.2 Å². The molecule has 0 bridgehead atoms. The second-order valence-electron chi connectivity index (χ2n) is 9.72. The zero-order chi connectivity index (χ0) is 19.8. The second kappa shape index (κ2) is 5.85. The van der Waals surface area contributed by atoms with Crippen molar-refractivity contribution in [3.63, 3.8) is 0 Å². The summed E-state index contributed by atoms with van der Waals surface area (Å²) in [5.41, 5.74) is -1.59. The van der Waals surface area contributed by atoms with Crippen LogP contribution in [0.1, 0.15) is 46.5 Å². The molecule has 4 aliphatic rings. The lowest BCUT2D eigenvalue weighted by Crippen LogP contribution is -2.62. The van der Waals surface area contributed by atoms with Gasteiger partial charge in [-0.25, -0.2) is 0 Å². The molecule has 27 heavy (non-hydrogen) atoms. The Morgan fingerprint density at radius 3 is 2.70 bits per heavy atom. The van der Waals surface area contributed by atoms with E-state index >= 15 is 0 Å². The first-order valence-electron chi connectivity index (χ1n) is 10.1. The number of hydrogen-bond acceptors (Lipinski definition) is 5. The molecule has 4 aliphatic carbocycles. The Balaban J connectivity index is 1.78. The maximum Gasteiger partial charge on any atom is 0.190 e. The number of aliphatic hydroxyl groups excluding tert-OH is 2. The fourth-order valence-corrected chi connectivity index (χ4v) is 7.34. The van der Waals surface area contributed by atoms with Crippen molar-refractivity contribution in [1.82, 2.24) is 0 Å². The smallest absolute Gasteiger partial charge is 0.190 e. The lowest BCUT2D eigenvalue weighted by molar-refractivity contribution is -0.180. The number of carbonyl (C=O) groups excluding carboxylic acids is 2. The first-order valence-corrected chi connectivity index (χ1v) is 10.1. The molecule has 5 nitrogen and oxygen atoms in total. The number of hydrogen-bond donors (Lipinski definition) is 3. The normalized spacial score (nSPS) is 51.3. The third-order valence-electron chi connectivity index (χ3n) is 8.57. The molecule has 0 aromatic rings. The Kier molecular flexibility index (Phi) is 4.12. The van der Waals surface area contributed by atoms with Crippen molar-refractivity contribution < 1.29 is 24.9 Å². The van der Waals surface area contributed by atoms with Gasteiger partial charge in [0.15, 0.2) is 11.6 Å². The number of fused-ring (bicyclic) bond motifs is 5. The maximum absolute atomic E-state index is 12.4. The third kappa shape index (κ3) is 2.28. The molecule has 0 heterocycles. The van der Waals surface area contributed by atoms with E-state index in [4.69, 9.17) is 0 Å². The van der Waals surface area contributed by atoms with E-state index in [1.807, 2.05) is 13.0 Å². The molecule has 148 valence electrons. The Labute approximate surface area is 160 Å². The van der Waals surface area contributed by atoms with Gasteiger partial charge in [0.25, 0.3) is 0 Å². The third-order valence-corrected chi connectivity index (χ3v) is 8.57. The highest BCUT2D eigenvalue weighted by Gasteiger charge is 2.68. The predicted octanol–water partition coefficient (Wildman–Crippen LogP) is 1.80. The van der Waals surface area contributed by atoms with Gasteiger partial charge in [0.05, 0.1) is 6.10 Å². The quantitative estimate of drug-likeness (QED) is 0.685. The van der Waals surface area contributed by atoms with Crippen LogP contribution < -0.4 is 0 Å². The van der Waals surface area contributed by atoms with E-state index < -0.39 is 29.5 Å². The van der Waals surface area contributed by atoms with E-state index in [-0.39, 0.29) is 34.9 Å². The lowest BCUT2D eigenvalue weighted by atomic mass is 9.45. The van der Waals surface area contributed by atoms with Gasteiger partial charge >= 0.3 is 0 Å². The average molecular weight is 374 g/mol. The largest absolute Gasteiger partial charge is 0.393 e. The first kappa shape index (κ1) is 19.0. The molecule has 3 saturated carbocycles. The molecule has 0 aliphatic heterocycles. The van der Waals surface area contributed by atoms with Crippen LogP contribution in [0, 0.1) is 34.5 Å². The molecule has 0 spiro atoms. The summed E-state index contributed by atoms with van der Waals surface area (Å²) in [5.74, 6) is -0.0768. The maximum atomic E-state index is 12.4. The van der Waals surface area contributed by atoms with Gasteiger partial charge in [-0.1, -0.05) is 32.4 Å². The standard InChI is InChI=1S/C22H30O5/c1-12-8-14-15-5-7-22(27,18(26)11-23)21(15,3)10-17(25)19(14)20(2)6-4-13(24)9-16(12)20/h4,6,9,12,14-15,17,19,23,25,27H,5,7-8,10-11H2,1-3H3/t12-,14-,15+,17-,19-,20-,21-,22-/m0/s1. The van der Waals surface area contributed by atoms with E-state index in [9.17, 15) is 24.9 Å². The van der Waals surface area contributed by atoms with Crippen molar-refractivity contribution in [2.75, 3.05) is 6.61 Å². The number of carbonyl (C=O) groups is 2. The topological polar surface area (TPSA) is 94.8 Å². The summed E-state index contributed by atoms with van der Waals surface area (Å²) < 4.78 is 0. The van der Waals surface area contributed by atoms with E-state index in [0.29, 0.717) is 12.8 Å². The Bertz CT molecular complexity index is 754. The number of Topliss-reactive ketones (excluding diaryl/α,β-unsaturated/α-hetero) is 1. The van der Waals surface area contributed by atoms with Crippen LogP contribution in [0.5, 0.6) is 0 Å². The molecule has 3 N–H and O–H groups in total. The molecule has 0 aromatic carbocycles. The summed E-state index contributed by atoms with van der Waals surface area (Å²) >= 11 is 0. The number of aliphatic hydroxyl groups is 3. The van der Waals surface area contributed by atoms with Crippen LogP contribution in [0.4, 0.5) is 0 Å². The van der Waals surface area contributed by atoms with E-state index in [2.05, 4.69) is 13.8 Å². The minimum Gasteiger partial charge on any atom is -0.393 e. The minimum absolute atomic E-state index is 0.00620. The molecule has 0 aromatic heterocycles. The van der Waals surface area contributed by atoms with Gasteiger partial charge in [0.2, 0.25) is 0 Å². The molecular weight excluding hydrogens is 344 g/mol. The van der Waals surface area contributed by atoms with Crippen molar-refractivity contribution in [2.24, 2.45) is 34.5 Å². The number of rotatable bonds is 2. The van der Waals surface area contributed by atoms with E-state index in [1.165, 1.54) is 0 Å². The predicted molar refractivity (Wildman–Crippen MR) is 99.6 cm³/mol. The molecule has 0 radical (unpaired) electrons. The molecule has 0 amide bonds. The molecule has 8 atom stereocenters. The fraction of sp³-hybridized carbons (Fsp3) is 0.727. The van der Waals surface area contributed by atoms with Gasteiger partial charge < -0.3 is 15.3 Å². The highest BCUT2D eigenvalue weighted by atomic mass is 16.3. The summed E-state index contributed by atoms with van der Waals surface area (Å²) in [6, 6.07) is 0. The van der Waals surface area contributed by atoms with Crippen LogP contribution in [0.25, 0.3) is 0 Å². The summed E-state index contributed by atoms with van der Waals surface area (Å²) in [7, 11) is 0. The molecule has 5 heteroatoms. The molecule has 4 rings (SSSR count). The summed E-state index contributed by atoms with van der Waals surface area (Å²) in [5, 5.41) is 31.9. The van der Waals surface area contributed by atoms with Crippen LogP contribution >= 0.6 is 0 Å². The van der Waals surface area contributed by atoms with Gasteiger partial charge in [0, 0.05) is 16.7 Å². The van der Waals surface area contributed by atoms with Crippen molar-refractivity contribution in [3.05, 3.63) is 23.8 Å². The summed E-state index contributed by atoms with van der Waals surface area (Å²) in [6.07, 6.45) is 6.87. The van der Waals surface area contributed by atoms with Gasteiger partial charge in [0.1, 0.15) is 12.2 Å². The summed E-state index contributed by atoms with van der Waals surface area (Å²) in [4.78, 5) is 24.4. The van der Waals surface area contributed by atoms with Gasteiger partial charge in [-0.15, -0.1) is 0 Å². The van der Waals surface area contributed by atoms with Crippen LogP contribution in [0.2, 0.25) is 0 Å². The van der Waals surface area contributed by atoms with Crippen molar-refractivity contribution >= 4 is 11.6 Å². The fourth-order valence-electron chi connectivity index (χ4n) is 7.34. The Morgan fingerprint density at radius 1 is 1.33 bits per heavy atom. The Morgan fingerprint density at radius 2 is 2.04 bits per heavy atom. The second-order valence-corrected chi connectivity index (χ2v) is 9.72. The van der Waals surface area contributed by atoms with Crippen LogP contribution in [-0.2, 0) is 9.59 Å². The van der Waals surface area contributed by atoms with E-state index in [0.717, 1.165) is 18.4 Å². The van der Waals surface area contributed by atoms with Crippen molar-refractivity contribution in [1.29, 1.82) is 0 Å². The van der Waals surface area contributed by atoms with Crippen LogP contribution in [0.3, 0.4) is 0 Å². The first-order chi connectivity index (χ1) is 12.6. The zero-order valence-corrected chi connectivity index (χ0v) is 16.3. The number of allylic oxidation sites excluding steroid dienone is 4. The summed E-state index contributed by atoms with van der Waals surface area (Å²) in [6.45, 7) is 5.48. The average Bonchev–Trinajstić information content (AvgIpc) is 2.87. The van der Waals surface area contributed by atoms with Crippen LogP contribution in [-0.4, -0.2) is 45.2 Å². The molecular formula is C22H30O5. The Hall–Kier alpha value is -1.30. The molecule has 0 unspecified atom stereocenters. The highest BCUT2D eigenvalue weighted by Crippen LogP contribution is 2.67. The SMILES string of the molecule is C[C@H]1C[C@@H]2[C@@H]([C@@H](O)C[C@@]3(C)[C@@H]2CC[C@]3(O)C(=O)CO)[C@@]2(C)C=CC(=O)C=C12. The number of ketones is 2. The minimum atomic E-state index is -1.57. The van der Waals surface area contributed by atoms with Gasteiger partial charge in [-0.2, -0.15) is 0 Å². The monoisotopic (exact) mass is 374 g/mol. The molecule has 0 saturated heterocycles. The van der Waals surface area contributed by atoms with Crippen LogP contribution in [0.15, 0.2) is 23.8 Å².